The summed E-state index contributed by atoms with van der Waals surface area (Å²) in [5.74, 6) is 1.28. The summed E-state index contributed by atoms with van der Waals surface area (Å²) in [4.78, 5) is 8.74. The van der Waals surface area contributed by atoms with E-state index in [4.69, 9.17) is 9.26 Å². The first-order valence-electron chi connectivity index (χ1n) is 8.46. The number of rotatable bonds is 5. The SMILES string of the molecule is Cc1cccnc1-c1noc(-c2cc(O)ccc2OCc2ccccc2)n1. The normalized spacial score (nSPS) is 10.7. The van der Waals surface area contributed by atoms with E-state index in [1.54, 1.807) is 24.4 Å². The molecule has 27 heavy (non-hydrogen) atoms. The molecule has 4 aromatic rings. The smallest absolute Gasteiger partial charge is 0.262 e. The van der Waals surface area contributed by atoms with E-state index in [0.717, 1.165) is 11.1 Å². The van der Waals surface area contributed by atoms with Crippen LogP contribution in [0.1, 0.15) is 11.1 Å². The molecule has 2 aromatic carbocycles. The Morgan fingerprint density at radius 1 is 1.04 bits per heavy atom. The van der Waals surface area contributed by atoms with E-state index in [1.165, 1.54) is 0 Å². The molecule has 0 amide bonds. The number of hydrogen-bond acceptors (Lipinski definition) is 6. The van der Waals surface area contributed by atoms with E-state index >= 15 is 0 Å². The highest BCUT2D eigenvalue weighted by Gasteiger charge is 2.17. The molecule has 0 radical (unpaired) electrons. The maximum Gasteiger partial charge on any atom is 0.262 e. The topological polar surface area (TPSA) is 81.3 Å². The highest BCUT2D eigenvalue weighted by molar-refractivity contribution is 5.67. The molecule has 0 spiro atoms. The molecule has 0 aliphatic carbocycles. The summed E-state index contributed by atoms with van der Waals surface area (Å²) >= 11 is 0. The van der Waals surface area contributed by atoms with E-state index in [2.05, 4.69) is 15.1 Å². The highest BCUT2D eigenvalue weighted by atomic mass is 16.5. The number of aromatic nitrogens is 3. The molecule has 0 unspecified atom stereocenters. The van der Waals surface area contributed by atoms with Crippen LogP contribution in [0.2, 0.25) is 0 Å². The Balaban J connectivity index is 1.65. The predicted octanol–water partition coefficient (Wildman–Crippen LogP) is 4.39. The van der Waals surface area contributed by atoms with Gasteiger partial charge in [-0.25, -0.2) is 0 Å². The second-order valence-corrected chi connectivity index (χ2v) is 6.05. The lowest BCUT2D eigenvalue weighted by Crippen LogP contribution is -1.97. The van der Waals surface area contributed by atoms with Crippen molar-refractivity contribution in [2.75, 3.05) is 0 Å². The molecule has 1 N–H and O–H groups in total. The van der Waals surface area contributed by atoms with E-state index in [-0.39, 0.29) is 11.6 Å². The molecule has 0 atom stereocenters. The molecule has 2 aromatic heterocycles. The number of aryl methyl sites for hydroxylation is 1. The predicted molar refractivity (Wildman–Crippen MR) is 100 cm³/mol. The summed E-state index contributed by atoms with van der Waals surface area (Å²) in [7, 11) is 0. The minimum Gasteiger partial charge on any atom is -0.508 e. The van der Waals surface area contributed by atoms with Gasteiger partial charge in [0, 0.05) is 6.20 Å². The summed E-state index contributed by atoms with van der Waals surface area (Å²) in [6, 6.07) is 18.4. The second-order valence-electron chi connectivity index (χ2n) is 6.05. The summed E-state index contributed by atoms with van der Waals surface area (Å²) in [6.07, 6.45) is 1.68. The molecular formula is C21H17N3O3. The van der Waals surface area contributed by atoms with Crippen LogP contribution in [-0.4, -0.2) is 20.2 Å². The van der Waals surface area contributed by atoms with Crippen molar-refractivity contribution in [3.05, 3.63) is 78.0 Å². The summed E-state index contributed by atoms with van der Waals surface area (Å²) < 4.78 is 11.3. The van der Waals surface area contributed by atoms with Crippen LogP contribution in [0, 0.1) is 6.92 Å². The zero-order valence-electron chi connectivity index (χ0n) is 14.7. The quantitative estimate of drug-likeness (QED) is 0.569. The van der Waals surface area contributed by atoms with E-state index in [0.29, 0.717) is 29.4 Å². The van der Waals surface area contributed by atoms with Gasteiger partial charge < -0.3 is 14.4 Å². The van der Waals surface area contributed by atoms with Crippen molar-refractivity contribution in [3.8, 4) is 34.5 Å². The maximum absolute atomic E-state index is 9.89. The van der Waals surface area contributed by atoms with Gasteiger partial charge >= 0.3 is 0 Å². The van der Waals surface area contributed by atoms with Gasteiger partial charge in [-0.05, 0) is 42.3 Å². The number of nitrogens with zero attached hydrogens (tertiary/aromatic N) is 3. The van der Waals surface area contributed by atoms with Gasteiger partial charge in [0.25, 0.3) is 5.89 Å². The summed E-state index contributed by atoms with van der Waals surface area (Å²) in [5, 5.41) is 13.9. The fraction of sp³-hybridized carbons (Fsp3) is 0.0952. The lowest BCUT2D eigenvalue weighted by molar-refractivity contribution is 0.305. The average molecular weight is 359 g/mol. The standard InChI is InChI=1S/C21H17N3O3/c1-14-6-5-11-22-19(14)20-23-21(27-24-20)17-12-16(25)9-10-18(17)26-13-15-7-3-2-4-8-15/h2-12,25H,13H2,1H3. The molecule has 0 bridgehead atoms. The number of phenolic OH excluding ortho intramolecular Hbond substituents is 1. The molecule has 6 nitrogen and oxygen atoms in total. The number of ether oxygens (including phenoxy) is 1. The largest absolute Gasteiger partial charge is 0.508 e. The van der Waals surface area contributed by atoms with Gasteiger partial charge in [0.2, 0.25) is 5.82 Å². The minimum atomic E-state index is 0.0887. The van der Waals surface area contributed by atoms with Gasteiger partial charge in [0.15, 0.2) is 0 Å². The molecular weight excluding hydrogens is 342 g/mol. The Kier molecular flexibility index (Phi) is 4.53. The molecule has 0 aliphatic heterocycles. The fourth-order valence-electron chi connectivity index (χ4n) is 2.70. The third-order valence-corrected chi connectivity index (χ3v) is 4.08. The van der Waals surface area contributed by atoms with Crippen LogP contribution in [0.15, 0.2) is 71.4 Å². The summed E-state index contributed by atoms with van der Waals surface area (Å²) in [6.45, 7) is 2.32. The lowest BCUT2D eigenvalue weighted by Gasteiger charge is -2.09. The van der Waals surface area contributed by atoms with Gasteiger partial charge in [-0.2, -0.15) is 4.98 Å². The number of aromatic hydroxyl groups is 1. The molecule has 134 valence electrons. The van der Waals surface area contributed by atoms with Crippen molar-refractivity contribution in [1.82, 2.24) is 15.1 Å². The molecule has 0 aliphatic rings. The number of pyridine rings is 1. The van der Waals surface area contributed by atoms with E-state index < -0.39 is 0 Å². The van der Waals surface area contributed by atoms with Crippen molar-refractivity contribution < 1.29 is 14.4 Å². The fourth-order valence-corrected chi connectivity index (χ4v) is 2.70. The van der Waals surface area contributed by atoms with Gasteiger partial charge in [-0.1, -0.05) is 41.6 Å². The zero-order valence-corrected chi connectivity index (χ0v) is 14.7. The third-order valence-electron chi connectivity index (χ3n) is 4.08. The van der Waals surface area contributed by atoms with Crippen LogP contribution in [0.4, 0.5) is 0 Å². The van der Waals surface area contributed by atoms with Crippen LogP contribution in [-0.2, 0) is 6.61 Å². The minimum absolute atomic E-state index is 0.0887. The molecule has 0 saturated heterocycles. The summed E-state index contributed by atoms with van der Waals surface area (Å²) in [5.41, 5.74) is 3.16. The van der Waals surface area contributed by atoms with Gasteiger partial charge in [-0.15, -0.1) is 0 Å². The van der Waals surface area contributed by atoms with E-state index in [1.807, 2.05) is 49.4 Å². The Morgan fingerprint density at radius 3 is 2.70 bits per heavy atom. The number of hydrogen-bond donors (Lipinski definition) is 1. The molecule has 0 fully saturated rings. The first-order chi connectivity index (χ1) is 13.2. The zero-order chi connectivity index (χ0) is 18.6. The monoisotopic (exact) mass is 359 g/mol. The van der Waals surface area contributed by atoms with Crippen molar-refractivity contribution in [2.45, 2.75) is 13.5 Å². The van der Waals surface area contributed by atoms with Crippen LogP contribution < -0.4 is 4.74 Å². The number of phenols is 1. The van der Waals surface area contributed by atoms with Crippen molar-refractivity contribution in [1.29, 1.82) is 0 Å². The Hall–Kier alpha value is -3.67. The molecule has 2 heterocycles. The third kappa shape index (κ3) is 3.64. The molecule has 6 heteroatoms. The average Bonchev–Trinajstić information content (AvgIpc) is 3.18. The highest BCUT2D eigenvalue weighted by Crippen LogP contribution is 2.33. The Morgan fingerprint density at radius 2 is 1.89 bits per heavy atom. The van der Waals surface area contributed by atoms with Crippen LogP contribution in [0.3, 0.4) is 0 Å². The van der Waals surface area contributed by atoms with Crippen LogP contribution in [0.25, 0.3) is 23.0 Å². The van der Waals surface area contributed by atoms with Crippen LogP contribution in [0.5, 0.6) is 11.5 Å². The second kappa shape index (κ2) is 7.29. The van der Waals surface area contributed by atoms with Crippen molar-refractivity contribution in [3.63, 3.8) is 0 Å². The molecule has 4 rings (SSSR count). The maximum atomic E-state index is 9.89. The van der Waals surface area contributed by atoms with Crippen molar-refractivity contribution in [2.24, 2.45) is 0 Å². The van der Waals surface area contributed by atoms with Gasteiger partial charge in [0.05, 0.1) is 5.56 Å². The first-order valence-corrected chi connectivity index (χ1v) is 8.46. The van der Waals surface area contributed by atoms with E-state index in [9.17, 15) is 5.11 Å². The van der Waals surface area contributed by atoms with Gasteiger partial charge in [-0.3, -0.25) is 4.98 Å². The Labute approximate surface area is 156 Å². The Bertz CT molecular complexity index is 1060. The van der Waals surface area contributed by atoms with Crippen LogP contribution >= 0.6 is 0 Å². The van der Waals surface area contributed by atoms with Gasteiger partial charge in [0.1, 0.15) is 23.8 Å². The first kappa shape index (κ1) is 16.8. The lowest BCUT2D eigenvalue weighted by atomic mass is 10.1. The number of benzene rings is 2. The molecule has 0 saturated carbocycles. The van der Waals surface area contributed by atoms with Crippen molar-refractivity contribution >= 4 is 0 Å².